The van der Waals surface area contributed by atoms with E-state index in [2.05, 4.69) is 5.32 Å². The Morgan fingerprint density at radius 1 is 1.13 bits per heavy atom. The van der Waals surface area contributed by atoms with Crippen molar-refractivity contribution >= 4 is 40.8 Å². The van der Waals surface area contributed by atoms with Crippen molar-refractivity contribution in [2.45, 2.75) is 6.42 Å². The fraction of sp³-hybridized carbons (Fsp3) is 0.125. The van der Waals surface area contributed by atoms with E-state index in [1.165, 1.54) is 6.07 Å². The summed E-state index contributed by atoms with van der Waals surface area (Å²) in [4.78, 5) is 22.6. The zero-order valence-corrected chi connectivity index (χ0v) is 13.4. The Morgan fingerprint density at radius 3 is 2.61 bits per heavy atom. The standard InChI is InChI=1S/C16H13Cl2NO4/c17-11-4-5-14(13(18)8-11)23-9-15(20)19-12-3-1-2-10(6-12)7-16(21)22/h1-6,8H,7,9H2,(H,19,20)(H,21,22). The van der Waals surface area contributed by atoms with Crippen molar-refractivity contribution in [3.05, 3.63) is 58.1 Å². The molecule has 0 unspecified atom stereocenters. The van der Waals surface area contributed by atoms with Crippen LogP contribution in [0.4, 0.5) is 5.69 Å². The Morgan fingerprint density at radius 2 is 1.91 bits per heavy atom. The molecule has 0 aliphatic heterocycles. The zero-order valence-electron chi connectivity index (χ0n) is 11.9. The fourth-order valence-corrected chi connectivity index (χ4v) is 2.33. The van der Waals surface area contributed by atoms with Gasteiger partial charge in [0.1, 0.15) is 5.75 Å². The molecule has 0 aliphatic carbocycles. The summed E-state index contributed by atoms with van der Waals surface area (Å²) in [7, 11) is 0. The molecule has 5 nitrogen and oxygen atoms in total. The van der Waals surface area contributed by atoms with Gasteiger partial charge >= 0.3 is 5.97 Å². The Kier molecular flexibility index (Phi) is 5.84. The van der Waals surface area contributed by atoms with Crippen LogP contribution in [0.5, 0.6) is 5.75 Å². The lowest BCUT2D eigenvalue weighted by Crippen LogP contribution is -2.20. The smallest absolute Gasteiger partial charge is 0.307 e. The maximum Gasteiger partial charge on any atom is 0.307 e. The normalized spacial score (nSPS) is 10.2. The van der Waals surface area contributed by atoms with Gasteiger partial charge in [-0.2, -0.15) is 0 Å². The highest BCUT2D eigenvalue weighted by Gasteiger charge is 2.08. The highest BCUT2D eigenvalue weighted by Crippen LogP contribution is 2.27. The number of carboxylic acids is 1. The van der Waals surface area contributed by atoms with E-state index in [1.807, 2.05) is 0 Å². The second-order valence-electron chi connectivity index (χ2n) is 4.68. The third-order valence-corrected chi connectivity index (χ3v) is 3.35. The molecule has 0 bridgehead atoms. The van der Waals surface area contributed by atoms with Gasteiger partial charge in [-0.15, -0.1) is 0 Å². The number of ether oxygens (including phenoxy) is 1. The summed E-state index contributed by atoms with van der Waals surface area (Å²) in [6, 6.07) is 11.3. The average Bonchev–Trinajstić information content (AvgIpc) is 2.46. The van der Waals surface area contributed by atoms with E-state index in [0.29, 0.717) is 27.0 Å². The summed E-state index contributed by atoms with van der Waals surface area (Å²) in [5, 5.41) is 12.2. The topological polar surface area (TPSA) is 75.6 Å². The third kappa shape index (κ3) is 5.47. The van der Waals surface area contributed by atoms with Gasteiger partial charge in [0.05, 0.1) is 11.4 Å². The van der Waals surface area contributed by atoms with Crippen molar-refractivity contribution in [1.29, 1.82) is 0 Å². The molecule has 0 fully saturated rings. The summed E-state index contributed by atoms with van der Waals surface area (Å²) < 4.78 is 5.32. The highest BCUT2D eigenvalue weighted by molar-refractivity contribution is 6.35. The van der Waals surface area contributed by atoms with E-state index in [1.54, 1.807) is 36.4 Å². The molecule has 0 heterocycles. The molecule has 2 rings (SSSR count). The molecule has 0 spiro atoms. The van der Waals surface area contributed by atoms with E-state index in [-0.39, 0.29) is 18.9 Å². The molecule has 0 radical (unpaired) electrons. The molecule has 0 saturated heterocycles. The number of nitrogens with one attached hydrogen (secondary N) is 1. The Balaban J connectivity index is 1.93. The highest BCUT2D eigenvalue weighted by atomic mass is 35.5. The van der Waals surface area contributed by atoms with Crippen LogP contribution >= 0.6 is 23.2 Å². The number of carbonyl (C=O) groups is 2. The van der Waals surface area contributed by atoms with Crippen LogP contribution in [-0.4, -0.2) is 23.6 Å². The van der Waals surface area contributed by atoms with Gasteiger partial charge in [0.15, 0.2) is 6.61 Å². The van der Waals surface area contributed by atoms with Gasteiger partial charge in [0, 0.05) is 10.7 Å². The molecule has 2 N–H and O–H groups in total. The Bertz CT molecular complexity index is 734. The number of aliphatic carboxylic acids is 1. The average molecular weight is 354 g/mol. The molecule has 2 aromatic carbocycles. The van der Waals surface area contributed by atoms with Crippen LogP contribution in [0.25, 0.3) is 0 Å². The van der Waals surface area contributed by atoms with Crippen molar-refractivity contribution in [3.63, 3.8) is 0 Å². The molecule has 0 aromatic heterocycles. The molecule has 7 heteroatoms. The first-order valence-electron chi connectivity index (χ1n) is 6.62. The Labute approximate surface area is 142 Å². The molecule has 120 valence electrons. The van der Waals surface area contributed by atoms with Crippen molar-refractivity contribution in [2.24, 2.45) is 0 Å². The van der Waals surface area contributed by atoms with Crippen LogP contribution in [0.1, 0.15) is 5.56 Å². The van der Waals surface area contributed by atoms with E-state index in [4.69, 9.17) is 33.0 Å². The number of amides is 1. The predicted molar refractivity (Wildman–Crippen MR) is 88.4 cm³/mol. The summed E-state index contributed by atoms with van der Waals surface area (Å²) in [5.41, 5.74) is 1.09. The molecule has 23 heavy (non-hydrogen) atoms. The summed E-state index contributed by atoms with van der Waals surface area (Å²) in [5.74, 6) is -0.969. The maximum atomic E-state index is 11.9. The zero-order chi connectivity index (χ0) is 16.8. The summed E-state index contributed by atoms with van der Waals surface area (Å²) >= 11 is 11.7. The maximum absolute atomic E-state index is 11.9. The SMILES string of the molecule is O=C(O)Cc1cccc(NC(=O)COc2ccc(Cl)cc2Cl)c1. The van der Waals surface area contributed by atoms with E-state index >= 15 is 0 Å². The van der Waals surface area contributed by atoms with Crippen molar-refractivity contribution < 1.29 is 19.4 Å². The first-order chi connectivity index (χ1) is 10.9. The van der Waals surface area contributed by atoms with Gasteiger partial charge in [-0.3, -0.25) is 9.59 Å². The van der Waals surface area contributed by atoms with Crippen molar-refractivity contribution in [1.82, 2.24) is 0 Å². The molecular weight excluding hydrogens is 341 g/mol. The van der Waals surface area contributed by atoms with Crippen LogP contribution in [0.3, 0.4) is 0 Å². The van der Waals surface area contributed by atoms with Gasteiger partial charge < -0.3 is 15.2 Å². The minimum Gasteiger partial charge on any atom is -0.482 e. The van der Waals surface area contributed by atoms with E-state index < -0.39 is 5.97 Å². The second kappa shape index (κ2) is 7.85. The first kappa shape index (κ1) is 17.1. The minimum absolute atomic E-state index is 0.111. The van der Waals surface area contributed by atoms with Gasteiger partial charge in [-0.05, 0) is 35.9 Å². The number of carboxylic acid groups (broad SMARTS) is 1. The quantitative estimate of drug-likeness (QED) is 0.831. The van der Waals surface area contributed by atoms with Gasteiger partial charge in [-0.25, -0.2) is 0 Å². The van der Waals surface area contributed by atoms with Gasteiger partial charge in [0.2, 0.25) is 0 Å². The monoisotopic (exact) mass is 353 g/mol. The molecule has 0 atom stereocenters. The fourth-order valence-electron chi connectivity index (χ4n) is 1.87. The number of carbonyl (C=O) groups excluding carboxylic acids is 1. The molecule has 2 aromatic rings. The lowest BCUT2D eigenvalue weighted by Gasteiger charge is -2.09. The lowest BCUT2D eigenvalue weighted by molar-refractivity contribution is -0.136. The first-order valence-corrected chi connectivity index (χ1v) is 7.38. The number of anilines is 1. The van der Waals surface area contributed by atoms with Gasteiger partial charge in [0.25, 0.3) is 5.91 Å². The van der Waals surface area contributed by atoms with Crippen LogP contribution in [0.2, 0.25) is 10.0 Å². The number of hydrogen-bond acceptors (Lipinski definition) is 3. The van der Waals surface area contributed by atoms with Crippen LogP contribution in [-0.2, 0) is 16.0 Å². The number of rotatable bonds is 6. The largest absolute Gasteiger partial charge is 0.482 e. The molecule has 0 aliphatic rings. The number of benzene rings is 2. The van der Waals surface area contributed by atoms with E-state index in [9.17, 15) is 9.59 Å². The Hall–Kier alpha value is -2.24. The van der Waals surface area contributed by atoms with Crippen LogP contribution < -0.4 is 10.1 Å². The predicted octanol–water partition coefficient (Wildman–Crippen LogP) is 3.64. The molecule has 1 amide bonds. The summed E-state index contributed by atoms with van der Waals surface area (Å²) in [6.45, 7) is -0.232. The lowest BCUT2D eigenvalue weighted by atomic mass is 10.1. The third-order valence-electron chi connectivity index (χ3n) is 2.82. The second-order valence-corrected chi connectivity index (χ2v) is 5.53. The van der Waals surface area contributed by atoms with E-state index in [0.717, 1.165) is 0 Å². The molecular formula is C16H13Cl2NO4. The number of halogens is 2. The van der Waals surface area contributed by atoms with Crippen LogP contribution in [0.15, 0.2) is 42.5 Å². The van der Waals surface area contributed by atoms with Gasteiger partial charge in [-0.1, -0.05) is 35.3 Å². The van der Waals surface area contributed by atoms with Crippen molar-refractivity contribution in [3.8, 4) is 5.75 Å². The molecule has 0 saturated carbocycles. The number of hydrogen-bond donors (Lipinski definition) is 2. The minimum atomic E-state index is -0.936. The summed E-state index contributed by atoms with van der Waals surface area (Å²) in [6.07, 6.45) is -0.111. The van der Waals surface area contributed by atoms with Crippen molar-refractivity contribution in [2.75, 3.05) is 11.9 Å². The van der Waals surface area contributed by atoms with Crippen LogP contribution in [0, 0.1) is 0 Å².